The van der Waals surface area contributed by atoms with Crippen molar-refractivity contribution in [2.45, 2.75) is 11.8 Å². The first kappa shape index (κ1) is 20.1. The topological polar surface area (TPSA) is 86.7 Å². The highest BCUT2D eigenvalue weighted by Gasteiger charge is 2.57. The molecule has 0 unspecified atom stereocenters. The lowest BCUT2D eigenvalue weighted by atomic mass is 9.74. The molecular weight excluding hydrogens is 459 g/mol. The third-order valence-electron chi connectivity index (χ3n) is 5.76. The number of carbonyl (C=O) groups excluding carboxylic acids is 2. The van der Waals surface area contributed by atoms with Gasteiger partial charge in [-0.2, -0.15) is 0 Å². The quantitative estimate of drug-likeness (QED) is 0.547. The number of para-hydroxylation sites is 1. The smallest absolute Gasteiger partial charge is 0.346 e. The molecule has 2 aliphatic rings. The Morgan fingerprint density at radius 3 is 2.55 bits per heavy atom. The van der Waals surface area contributed by atoms with E-state index >= 15 is 0 Å². The molecule has 0 saturated heterocycles. The molecule has 31 heavy (non-hydrogen) atoms. The van der Waals surface area contributed by atoms with Crippen molar-refractivity contribution in [2.24, 2.45) is 0 Å². The van der Waals surface area contributed by atoms with Gasteiger partial charge in [0.1, 0.15) is 10.3 Å². The fourth-order valence-corrected chi connectivity index (χ4v) is 6.23. The van der Waals surface area contributed by atoms with E-state index in [4.69, 9.17) is 23.2 Å². The summed E-state index contributed by atoms with van der Waals surface area (Å²) in [6.45, 7) is 0. The van der Waals surface area contributed by atoms with Gasteiger partial charge in [-0.3, -0.25) is 9.59 Å². The van der Waals surface area contributed by atoms with Gasteiger partial charge in [0.15, 0.2) is 0 Å². The third-order valence-corrected chi connectivity index (χ3v) is 7.66. The number of nitrogens with zero attached hydrogens (tertiary/aromatic N) is 1. The normalized spacial score (nSPS) is 19.4. The fraction of sp³-hybridized carbons (Fsp3) is 0.136. The zero-order valence-electron chi connectivity index (χ0n) is 16.0. The molecule has 156 valence electrons. The number of hydrogen-bond acceptors (Lipinski definition) is 4. The van der Waals surface area contributed by atoms with Gasteiger partial charge in [0.2, 0.25) is 11.8 Å². The van der Waals surface area contributed by atoms with Crippen LogP contribution in [0, 0.1) is 0 Å². The summed E-state index contributed by atoms with van der Waals surface area (Å²) in [5.41, 5.74) is 1.10. The Kier molecular flexibility index (Phi) is 4.41. The standard InChI is InChI=1S/C22H14Cl2N2O4S/c1-26-17-12(3-2-4-13(17)24)22(21(26)30)9-14(27)25-16-15(10-5-7-11(23)8-6-10)18(20(28)29)31-19(16)22/h2-8H,9H2,1H3,(H,25,27)(H,28,29)/t22-/m0/s1. The Morgan fingerprint density at radius 2 is 1.87 bits per heavy atom. The molecule has 2 aliphatic heterocycles. The number of carboxylic acid groups (broad SMARTS) is 1. The average molecular weight is 473 g/mol. The van der Waals surface area contributed by atoms with Gasteiger partial charge in [0.05, 0.1) is 27.7 Å². The van der Waals surface area contributed by atoms with Crippen LogP contribution in [0.5, 0.6) is 0 Å². The summed E-state index contributed by atoms with van der Waals surface area (Å²) >= 11 is 13.4. The minimum absolute atomic E-state index is 0.0415. The van der Waals surface area contributed by atoms with E-state index < -0.39 is 11.4 Å². The Balaban J connectivity index is 1.86. The summed E-state index contributed by atoms with van der Waals surface area (Å²) in [5.74, 6) is -1.82. The number of aromatic carboxylic acids is 1. The second-order valence-electron chi connectivity index (χ2n) is 7.45. The fourth-order valence-electron chi connectivity index (χ4n) is 4.49. The van der Waals surface area contributed by atoms with Crippen molar-refractivity contribution in [3.8, 4) is 11.1 Å². The molecule has 2 amide bonds. The van der Waals surface area contributed by atoms with E-state index in [9.17, 15) is 19.5 Å². The molecule has 1 atom stereocenters. The lowest BCUT2D eigenvalue weighted by molar-refractivity contribution is -0.126. The molecule has 5 rings (SSSR count). The summed E-state index contributed by atoms with van der Waals surface area (Å²) in [5, 5.41) is 13.7. The van der Waals surface area contributed by atoms with E-state index in [1.54, 1.807) is 49.5 Å². The first-order valence-electron chi connectivity index (χ1n) is 9.29. The van der Waals surface area contributed by atoms with Gasteiger partial charge in [0.25, 0.3) is 0 Å². The van der Waals surface area contributed by atoms with Crippen molar-refractivity contribution in [3.05, 3.63) is 67.8 Å². The predicted octanol–water partition coefficient (Wildman–Crippen LogP) is 5.02. The van der Waals surface area contributed by atoms with Crippen LogP contribution in [0.15, 0.2) is 42.5 Å². The summed E-state index contributed by atoms with van der Waals surface area (Å²) in [4.78, 5) is 40.6. The van der Waals surface area contributed by atoms with Crippen LogP contribution in [0.2, 0.25) is 10.0 Å². The number of likely N-dealkylation sites (N-methyl/N-ethyl adjacent to an activating group) is 1. The molecule has 0 radical (unpaired) electrons. The van der Waals surface area contributed by atoms with E-state index in [-0.39, 0.29) is 23.1 Å². The number of carboxylic acids is 1. The Hall–Kier alpha value is -2.87. The molecule has 2 N–H and O–H groups in total. The molecule has 1 aromatic heterocycles. The molecular formula is C22H14Cl2N2O4S. The summed E-state index contributed by atoms with van der Waals surface area (Å²) < 4.78 is 0. The van der Waals surface area contributed by atoms with E-state index in [1.807, 2.05) is 0 Å². The maximum absolute atomic E-state index is 13.6. The van der Waals surface area contributed by atoms with Crippen LogP contribution >= 0.6 is 34.5 Å². The molecule has 3 heterocycles. The number of amides is 2. The largest absolute Gasteiger partial charge is 0.477 e. The first-order chi connectivity index (χ1) is 14.8. The number of rotatable bonds is 2. The van der Waals surface area contributed by atoms with E-state index in [0.29, 0.717) is 43.0 Å². The number of hydrogen-bond donors (Lipinski definition) is 2. The maximum Gasteiger partial charge on any atom is 0.346 e. The second kappa shape index (κ2) is 6.82. The van der Waals surface area contributed by atoms with Gasteiger partial charge in [-0.25, -0.2) is 4.79 Å². The molecule has 0 saturated carbocycles. The number of fused-ring (bicyclic) bond motifs is 4. The van der Waals surface area contributed by atoms with E-state index in [2.05, 4.69) is 5.32 Å². The van der Waals surface area contributed by atoms with Crippen molar-refractivity contribution in [2.75, 3.05) is 17.3 Å². The number of anilines is 2. The van der Waals surface area contributed by atoms with Crippen molar-refractivity contribution < 1.29 is 19.5 Å². The van der Waals surface area contributed by atoms with Crippen molar-refractivity contribution in [3.63, 3.8) is 0 Å². The highest BCUT2D eigenvalue weighted by Crippen LogP contribution is 2.58. The zero-order valence-corrected chi connectivity index (χ0v) is 18.4. The van der Waals surface area contributed by atoms with Gasteiger partial charge in [0, 0.05) is 17.6 Å². The lowest BCUT2D eigenvalue weighted by Gasteiger charge is -2.32. The molecule has 9 heteroatoms. The third kappa shape index (κ3) is 2.67. The SMILES string of the molecule is CN1C(=O)[C@@]2(CC(=O)Nc3c2sc(C(=O)O)c3-c2ccc(Cl)cc2)c2cccc(Cl)c21. The molecule has 0 aliphatic carbocycles. The van der Waals surface area contributed by atoms with Crippen LogP contribution in [0.3, 0.4) is 0 Å². The minimum atomic E-state index is -1.33. The van der Waals surface area contributed by atoms with Gasteiger partial charge < -0.3 is 15.3 Å². The number of thiophene rings is 1. The molecule has 1 spiro atoms. The van der Waals surface area contributed by atoms with Crippen LogP contribution in [0.25, 0.3) is 11.1 Å². The lowest BCUT2D eigenvalue weighted by Crippen LogP contribution is -2.45. The maximum atomic E-state index is 13.6. The van der Waals surface area contributed by atoms with Gasteiger partial charge >= 0.3 is 5.97 Å². The number of benzene rings is 2. The van der Waals surface area contributed by atoms with Crippen LogP contribution in [-0.2, 0) is 15.0 Å². The Bertz CT molecular complexity index is 1300. The van der Waals surface area contributed by atoms with Gasteiger partial charge in [-0.05, 0) is 29.3 Å². The average Bonchev–Trinajstić information content (AvgIpc) is 3.21. The minimum Gasteiger partial charge on any atom is -0.477 e. The Labute approximate surface area is 191 Å². The van der Waals surface area contributed by atoms with Crippen LogP contribution in [0.1, 0.15) is 26.5 Å². The predicted molar refractivity (Wildman–Crippen MR) is 121 cm³/mol. The van der Waals surface area contributed by atoms with Crippen molar-refractivity contribution in [1.29, 1.82) is 0 Å². The highest BCUT2D eigenvalue weighted by atomic mass is 35.5. The summed E-state index contributed by atoms with van der Waals surface area (Å²) in [6.07, 6.45) is -0.129. The molecule has 0 fully saturated rings. The summed E-state index contributed by atoms with van der Waals surface area (Å²) in [7, 11) is 1.61. The van der Waals surface area contributed by atoms with Crippen LogP contribution in [0.4, 0.5) is 11.4 Å². The van der Waals surface area contributed by atoms with Gasteiger partial charge in [-0.15, -0.1) is 11.3 Å². The van der Waals surface area contributed by atoms with Crippen LogP contribution < -0.4 is 10.2 Å². The monoisotopic (exact) mass is 472 g/mol. The van der Waals surface area contributed by atoms with Gasteiger partial charge in [-0.1, -0.05) is 47.5 Å². The first-order valence-corrected chi connectivity index (χ1v) is 10.9. The second-order valence-corrected chi connectivity index (χ2v) is 9.32. The summed E-state index contributed by atoms with van der Waals surface area (Å²) in [6, 6.07) is 11.9. The number of carbonyl (C=O) groups is 3. The number of nitrogens with one attached hydrogen (secondary N) is 1. The van der Waals surface area contributed by atoms with E-state index in [0.717, 1.165) is 11.3 Å². The Morgan fingerprint density at radius 1 is 1.16 bits per heavy atom. The molecule has 0 bridgehead atoms. The molecule has 2 aromatic carbocycles. The van der Waals surface area contributed by atoms with E-state index in [1.165, 1.54) is 4.90 Å². The van der Waals surface area contributed by atoms with Crippen LogP contribution in [-0.4, -0.2) is 29.9 Å². The van der Waals surface area contributed by atoms with Crippen molar-refractivity contribution in [1.82, 2.24) is 0 Å². The zero-order chi connectivity index (χ0) is 22.1. The molecule has 6 nitrogen and oxygen atoms in total. The molecule has 3 aromatic rings. The number of halogens is 2. The van der Waals surface area contributed by atoms with Crippen molar-refractivity contribution >= 4 is 63.7 Å². The highest BCUT2D eigenvalue weighted by molar-refractivity contribution is 7.15.